The zero-order valence-corrected chi connectivity index (χ0v) is 9.56. The minimum atomic E-state index is 0.311. The van der Waals surface area contributed by atoms with Gasteiger partial charge in [-0.1, -0.05) is 12.1 Å². The molecule has 0 saturated heterocycles. The van der Waals surface area contributed by atoms with Gasteiger partial charge in [-0.05, 0) is 30.7 Å². The van der Waals surface area contributed by atoms with Gasteiger partial charge in [-0.25, -0.2) is 4.98 Å². The summed E-state index contributed by atoms with van der Waals surface area (Å²) in [5.41, 5.74) is 1.09. The summed E-state index contributed by atoms with van der Waals surface area (Å²) in [6, 6.07) is 7.28. The van der Waals surface area contributed by atoms with E-state index in [1.165, 1.54) is 6.33 Å². The average Bonchev–Trinajstić information content (AvgIpc) is 2.82. The molecule has 0 fully saturated rings. The molecule has 2 rings (SSSR count). The van der Waals surface area contributed by atoms with Crippen LogP contribution in [0.2, 0.25) is 0 Å². The van der Waals surface area contributed by atoms with E-state index >= 15 is 0 Å². The number of hydrogen-bond acceptors (Lipinski definition) is 4. The maximum atomic E-state index is 9.29. The van der Waals surface area contributed by atoms with Gasteiger partial charge in [0.2, 0.25) is 0 Å². The first-order valence-electron chi connectivity index (χ1n) is 5.67. The second kappa shape index (κ2) is 6.00. The standard InChI is InChI=1S/C12H16N4O/c17-11-4-1-3-10(7-11)8-13-6-2-5-12-14-9-15-16-12/h1,3-4,7,9,13,17H,2,5-6,8H2,(H,14,15,16). The highest BCUT2D eigenvalue weighted by molar-refractivity contribution is 5.26. The van der Waals surface area contributed by atoms with Crippen LogP contribution in [0.1, 0.15) is 17.8 Å². The second-order valence-electron chi connectivity index (χ2n) is 3.88. The number of H-pyrrole nitrogens is 1. The van der Waals surface area contributed by atoms with Gasteiger partial charge in [0.15, 0.2) is 0 Å². The third-order valence-electron chi connectivity index (χ3n) is 2.47. The number of hydrogen-bond donors (Lipinski definition) is 3. The third-order valence-corrected chi connectivity index (χ3v) is 2.47. The summed E-state index contributed by atoms with van der Waals surface area (Å²) in [5.74, 6) is 1.23. The van der Waals surface area contributed by atoms with Crippen LogP contribution in [0.5, 0.6) is 5.75 Å². The quantitative estimate of drug-likeness (QED) is 0.655. The molecule has 90 valence electrons. The molecule has 1 aromatic carbocycles. The van der Waals surface area contributed by atoms with E-state index < -0.39 is 0 Å². The van der Waals surface area contributed by atoms with E-state index in [9.17, 15) is 5.11 Å². The lowest BCUT2D eigenvalue weighted by Gasteiger charge is -2.04. The first-order valence-corrected chi connectivity index (χ1v) is 5.67. The van der Waals surface area contributed by atoms with Crippen LogP contribution in [0.25, 0.3) is 0 Å². The number of nitrogens with zero attached hydrogens (tertiary/aromatic N) is 2. The zero-order chi connectivity index (χ0) is 11.9. The molecule has 0 bridgehead atoms. The summed E-state index contributed by atoms with van der Waals surface area (Å²) < 4.78 is 0. The van der Waals surface area contributed by atoms with Gasteiger partial charge in [0.1, 0.15) is 17.9 Å². The molecule has 0 saturated carbocycles. The molecule has 0 aliphatic carbocycles. The number of phenolic OH excluding ortho intramolecular Hbond substituents is 1. The molecule has 0 unspecified atom stereocenters. The van der Waals surface area contributed by atoms with Crippen LogP contribution < -0.4 is 5.32 Å². The number of aryl methyl sites for hydroxylation is 1. The predicted molar refractivity (Wildman–Crippen MR) is 64.5 cm³/mol. The molecule has 0 amide bonds. The summed E-state index contributed by atoms with van der Waals surface area (Å²) in [6.07, 6.45) is 3.43. The first-order chi connectivity index (χ1) is 8.34. The van der Waals surface area contributed by atoms with Gasteiger partial charge in [-0.3, -0.25) is 5.10 Å². The van der Waals surface area contributed by atoms with E-state index in [2.05, 4.69) is 20.5 Å². The molecule has 0 aliphatic heterocycles. The Hall–Kier alpha value is -1.88. The summed E-state index contributed by atoms with van der Waals surface area (Å²) >= 11 is 0. The molecule has 0 spiro atoms. The maximum absolute atomic E-state index is 9.29. The molecule has 0 radical (unpaired) electrons. The topological polar surface area (TPSA) is 73.8 Å². The Kier molecular flexibility index (Phi) is 4.10. The van der Waals surface area contributed by atoms with Crippen LogP contribution in [0.15, 0.2) is 30.6 Å². The van der Waals surface area contributed by atoms with E-state index in [1.807, 2.05) is 12.1 Å². The van der Waals surface area contributed by atoms with Gasteiger partial charge in [0.05, 0.1) is 0 Å². The Labute approximate surface area is 99.9 Å². The SMILES string of the molecule is Oc1cccc(CNCCCc2ncn[nH]2)c1. The van der Waals surface area contributed by atoms with Gasteiger partial charge in [0, 0.05) is 13.0 Å². The maximum Gasteiger partial charge on any atom is 0.137 e. The van der Waals surface area contributed by atoms with Crippen molar-refractivity contribution in [2.45, 2.75) is 19.4 Å². The monoisotopic (exact) mass is 232 g/mol. The minimum Gasteiger partial charge on any atom is -0.508 e. The van der Waals surface area contributed by atoms with Crippen molar-refractivity contribution in [1.82, 2.24) is 20.5 Å². The van der Waals surface area contributed by atoms with Crippen molar-refractivity contribution in [3.63, 3.8) is 0 Å². The van der Waals surface area contributed by atoms with Gasteiger partial charge >= 0.3 is 0 Å². The fourth-order valence-corrected chi connectivity index (χ4v) is 1.63. The summed E-state index contributed by atoms with van der Waals surface area (Å²) in [6.45, 7) is 1.68. The summed E-state index contributed by atoms with van der Waals surface area (Å²) in [5, 5.41) is 19.2. The Balaban J connectivity index is 1.63. The fourth-order valence-electron chi connectivity index (χ4n) is 1.63. The highest BCUT2D eigenvalue weighted by Gasteiger charge is 1.96. The first kappa shape index (κ1) is 11.6. The minimum absolute atomic E-state index is 0.311. The molecular formula is C12H16N4O. The molecular weight excluding hydrogens is 216 g/mol. The Morgan fingerprint density at radius 1 is 1.35 bits per heavy atom. The Bertz CT molecular complexity index is 442. The number of aromatic hydroxyl groups is 1. The van der Waals surface area contributed by atoms with Crippen molar-refractivity contribution >= 4 is 0 Å². The number of rotatable bonds is 6. The molecule has 5 heteroatoms. The van der Waals surface area contributed by atoms with E-state index in [4.69, 9.17) is 0 Å². The Morgan fingerprint density at radius 2 is 2.29 bits per heavy atom. The van der Waals surface area contributed by atoms with Crippen molar-refractivity contribution in [2.75, 3.05) is 6.54 Å². The van der Waals surface area contributed by atoms with E-state index in [0.29, 0.717) is 5.75 Å². The lowest BCUT2D eigenvalue weighted by atomic mass is 10.2. The van der Waals surface area contributed by atoms with Crippen LogP contribution >= 0.6 is 0 Å². The van der Waals surface area contributed by atoms with E-state index in [1.54, 1.807) is 12.1 Å². The van der Waals surface area contributed by atoms with Crippen molar-refractivity contribution in [2.24, 2.45) is 0 Å². The van der Waals surface area contributed by atoms with E-state index in [0.717, 1.165) is 37.3 Å². The molecule has 3 N–H and O–H groups in total. The fraction of sp³-hybridized carbons (Fsp3) is 0.333. The Morgan fingerprint density at radius 3 is 3.06 bits per heavy atom. The molecule has 17 heavy (non-hydrogen) atoms. The van der Waals surface area contributed by atoms with Crippen molar-refractivity contribution in [3.8, 4) is 5.75 Å². The van der Waals surface area contributed by atoms with Crippen molar-refractivity contribution in [1.29, 1.82) is 0 Å². The van der Waals surface area contributed by atoms with Crippen LogP contribution in [-0.2, 0) is 13.0 Å². The van der Waals surface area contributed by atoms with Gasteiger partial charge in [0.25, 0.3) is 0 Å². The highest BCUT2D eigenvalue weighted by atomic mass is 16.3. The lowest BCUT2D eigenvalue weighted by Crippen LogP contribution is -2.15. The number of aromatic nitrogens is 3. The molecule has 2 aromatic rings. The lowest BCUT2D eigenvalue weighted by molar-refractivity contribution is 0.474. The smallest absolute Gasteiger partial charge is 0.137 e. The number of benzene rings is 1. The van der Waals surface area contributed by atoms with E-state index in [-0.39, 0.29) is 0 Å². The van der Waals surface area contributed by atoms with Crippen LogP contribution in [0, 0.1) is 0 Å². The normalized spacial score (nSPS) is 10.6. The zero-order valence-electron chi connectivity index (χ0n) is 9.56. The molecule has 0 aliphatic rings. The number of aromatic amines is 1. The van der Waals surface area contributed by atoms with Gasteiger partial charge in [-0.2, -0.15) is 5.10 Å². The second-order valence-corrected chi connectivity index (χ2v) is 3.88. The molecule has 0 atom stereocenters. The summed E-state index contributed by atoms with van der Waals surface area (Å²) in [7, 11) is 0. The highest BCUT2D eigenvalue weighted by Crippen LogP contribution is 2.10. The van der Waals surface area contributed by atoms with Gasteiger partial charge < -0.3 is 10.4 Å². The third kappa shape index (κ3) is 3.88. The van der Waals surface area contributed by atoms with Crippen molar-refractivity contribution < 1.29 is 5.11 Å². The molecule has 5 nitrogen and oxygen atoms in total. The predicted octanol–water partition coefficient (Wildman–Crippen LogP) is 1.23. The molecule has 1 aromatic heterocycles. The number of phenols is 1. The summed E-state index contributed by atoms with van der Waals surface area (Å²) in [4.78, 5) is 4.06. The molecule has 1 heterocycles. The average molecular weight is 232 g/mol. The number of nitrogens with one attached hydrogen (secondary N) is 2. The van der Waals surface area contributed by atoms with Crippen LogP contribution in [0.4, 0.5) is 0 Å². The van der Waals surface area contributed by atoms with Crippen LogP contribution in [-0.4, -0.2) is 26.8 Å². The van der Waals surface area contributed by atoms with Gasteiger partial charge in [-0.15, -0.1) is 0 Å². The largest absolute Gasteiger partial charge is 0.508 e. The van der Waals surface area contributed by atoms with Crippen LogP contribution in [0.3, 0.4) is 0 Å². The van der Waals surface area contributed by atoms with Crippen molar-refractivity contribution in [3.05, 3.63) is 42.0 Å².